The molecule has 0 aliphatic rings. The van der Waals surface area contributed by atoms with Crippen molar-refractivity contribution >= 4 is 24.0 Å². The molecule has 0 saturated carbocycles. The minimum absolute atomic E-state index is 0.177. The van der Waals surface area contributed by atoms with Crippen molar-refractivity contribution in [3.63, 3.8) is 0 Å². The molecule has 0 bridgehead atoms. The van der Waals surface area contributed by atoms with Crippen LogP contribution in [0.5, 0.6) is 0 Å². The molecule has 0 radical (unpaired) electrons. The predicted octanol–water partition coefficient (Wildman–Crippen LogP) is 4.68. The molecular weight excluding hydrogens is 403 g/mol. The number of halogens is 2. The maximum atomic E-state index is 14.5. The molecule has 0 aliphatic carbocycles. The van der Waals surface area contributed by atoms with Gasteiger partial charge in [-0.3, -0.25) is 4.57 Å². The molecule has 1 N–H and O–H groups in total. The third-order valence-corrected chi connectivity index (χ3v) is 7.67. The van der Waals surface area contributed by atoms with Gasteiger partial charge in [-0.15, -0.1) is 4.72 Å². The van der Waals surface area contributed by atoms with E-state index in [4.69, 9.17) is 4.52 Å². The van der Waals surface area contributed by atoms with Gasteiger partial charge in [-0.1, -0.05) is 18.2 Å². The molecule has 0 fully saturated rings. The zero-order valence-electron chi connectivity index (χ0n) is 16.7. The maximum Gasteiger partial charge on any atom is 0.229 e. The van der Waals surface area contributed by atoms with Crippen molar-refractivity contribution in [2.75, 3.05) is 13.3 Å². The van der Waals surface area contributed by atoms with Crippen LogP contribution in [0.15, 0.2) is 42.5 Å². The highest BCUT2D eigenvalue weighted by atomic mass is 32.2. The summed E-state index contributed by atoms with van der Waals surface area (Å²) >= 11 is -1.50. The highest BCUT2D eigenvalue weighted by molar-refractivity contribution is 7.90. The Labute approximate surface area is 168 Å². The molecule has 154 valence electrons. The molecule has 2 unspecified atom stereocenters. The van der Waals surface area contributed by atoms with Crippen LogP contribution in [0.3, 0.4) is 0 Å². The lowest BCUT2D eigenvalue weighted by molar-refractivity contribution is 0.345. The van der Waals surface area contributed by atoms with Crippen LogP contribution >= 0.6 is 7.37 Å². The van der Waals surface area contributed by atoms with E-state index >= 15 is 0 Å². The lowest BCUT2D eigenvalue weighted by atomic mass is 9.99. The molecule has 2 aromatic rings. The van der Waals surface area contributed by atoms with E-state index in [0.29, 0.717) is 17.5 Å². The minimum Gasteiger partial charge on any atom is -0.598 e. The van der Waals surface area contributed by atoms with Crippen molar-refractivity contribution < 1.29 is 22.4 Å². The summed E-state index contributed by atoms with van der Waals surface area (Å²) in [5.74, 6) is -1.42. The number of benzene rings is 2. The average Bonchev–Trinajstić information content (AvgIpc) is 2.59. The van der Waals surface area contributed by atoms with Crippen molar-refractivity contribution in [3.05, 3.63) is 65.2 Å². The fourth-order valence-electron chi connectivity index (χ4n) is 2.59. The molecule has 0 heterocycles. The average molecular weight is 429 g/mol. The fourth-order valence-corrected chi connectivity index (χ4v) is 4.75. The van der Waals surface area contributed by atoms with E-state index in [9.17, 15) is 17.9 Å². The summed E-state index contributed by atoms with van der Waals surface area (Å²) < 4.78 is 60.7. The van der Waals surface area contributed by atoms with Crippen molar-refractivity contribution in [1.82, 2.24) is 4.72 Å². The second kappa shape index (κ2) is 9.06. The Bertz CT molecular complexity index is 856. The maximum absolute atomic E-state index is 14.5. The van der Waals surface area contributed by atoms with E-state index in [1.54, 1.807) is 52.0 Å². The van der Waals surface area contributed by atoms with E-state index < -0.39 is 41.2 Å². The summed E-state index contributed by atoms with van der Waals surface area (Å²) in [5, 5.41) is 0.536. The summed E-state index contributed by atoms with van der Waals surface area (Å²) in [7, 11) is -2.94. The number of hydrogen-bond acceptors (Lipinski definition) is 4. The van der Waals surface area contributed by atoms with Gasteiger partial charge in [0.1, 0.15) is 22.4 Å². The smallest absolute Gasteiger partial charge is 0.229 e. The highest BCUT2D eigenvalue weighted by Crippen LogP contribution is 2.41. The van der Waals surface area contributed by atoms with Crippen LogP contribution < -0.4 is 10.0 Å². The Morgan fingerprint density at radius 3 is 2.29 bits per heavy atom. The van der Waals surface area contributed by atoms with E-state index in [1.165, 1.54) is 12.7 Å². The van der Waals surface area contributed by atoms with Crippen LogP contribution in [-0.2, 0) is 20.5 Å². The largest absolute Gasteiger partial charge is 0.598 e. The van der Waals surface area contributed by atoms with Crippen LogP contribution in [0.25, 0.3) is 0 Å². The van der Waals surface area contributed by atoms with Crippen molar-refractivity contribution in [3.8, 4) is 0 Å². The first kappa shape index (κ1) is 23.0. The minimum atomic E-state index is -2.94. The zero-order chi connectivity index (χ0) is 21.1. The molecule has 0 aromatic heterocycles. The molecule has 0 spiro atoms. The summed E-state index contributed by atoms with van der Waals surface area (Å²) in [4.78, 5) is 0. The first-order valence-corrected chi connectivity index (χ1v) is 12.1. The van der Waals surface area contributed by atoms with Crippen LogP contribution in [0.1, 0.15) is 44.9 Å². The van der Waals surface area contributed by atoms with E-state index in [2.05, 4.69) is 4.72 Å². The van der Waals surface area contributed by atoms with Gasteiger partial charge in [-0.2, -0.15) is 0 Å². The Hall–Kier alpha value is -1.24. The van der Waals surface area contributed by atoms with Crippen molar-refractivity contribution in [2.24, 2.45) is 0 Å². The molecule has 8 heteroatoms. The van der Waals surface area contributed by atoms with Crippen LogP contribution in [0, 0.1) is 11.6 Å². The third-order valence-electron chi connectivity index (χ3n) is 4.13. The number of hydrogen-bond donors (Lipinski definition) is 1. The fraction of sp³-hybridized carbons (Fsp3) is 0.400. The second-order valence-electron chi connectivity index (χ2n) is 7.45. The first-order valence-electron chi connectivity index (χ1n) is 8.91. The number of rotatable bonds is 7. The van der Waals surface area contributed by atoms with Gasteiger partial charge in [-0.05, 0) is 51.5 Å². The monoisotopic (exact) mass is 429 g/mol. The van der Waals surface area contributed by atoms with E-state index in [0.717, 1.165) is 12.1 Å². The molecule has 2 rings (SSSR count). The van der Waals surface area contributed by atoms with Crippen molar-refractivity contribution in [2.45, 2.75) is 38.5 Å². The predicted molar refractivity (Wildman–Crippen MR) is 110 cm³/mol. The zero-order valence-corrected chi connectivity index (χ0v) is 18.4. The summed E-state index contributed by atoms with van der Waals surface area (Å²) in [6, 6.07) is 9.21. The molecule has 2 aromatic carbocycles. The molecule has 0 saturated heterocycles. The summed E-state index contributed by atoms with van der Waals surface area (Å²) in [6.45, 7) is 9.02. The van der Waals surface area contributed by atoms with E-state index in [-0.39, 0.29) is 5.56 Å². The van der Waals surface area contributed by atoms with Crippen LogP contribution in [0.4, 0.5) is 8.78 Å². The normalized spacial score (nSPS) is 16.4. The third kappa shape index (κ3) is 5.65. The van der Waals surface area contributed by atoms with Crippen molar-refractivity contribution in [1.29, 1.82) is 0 Å². The van der Waals surface area contributed by atoms with Crippen LogP contribution in [-0.4, -0.2) is 22.6 Å². The SMILES string of the molecule is CCOP(C)(=O)c1ccc([C@H](N[S+]([O-])C(C)(C)C)c2ccc(F)cc2F)cc1. The Kier molecular flexibility index (Phi) is 7.45. The topological polar surface area (TPSA) is 61.4 Å². The molecule has 3 atom stereocenters. The molecular formula is C20H26F2NO3PS. The lowest BCUT2D eigenvalue weighted by Crippen LogP contribution is -2.41. The van der Waals surface area contributed by atoms with Gasteiger partial charge >= 0.3 is 0 Å². The Morgan fingerprint density at radius 1 is 1.18 bits per heavy atom. The Balaban J connectivity index is 2.45. The molecule has 4 nitrogen and oxygen atoms in total. The molecule has 0 aliphatic heterocycles. The Morgan fingerprint density at radius 2 is 1.79 bits per heavy atom. The highest BCUT2D eigenvalue weighted by Gasteiger charge is 2.32. The second-order valence-corrected chi connectivity index (χ2v) is 11.9. The van der Waals surface area contributed by atoms with Gasteiger partial charge in [0.2, 0.25) is 7.37 Å². The molecule has 28 heavy (non-hydrogen) atoms. The van der Waals surface area contributed by atoms with Gasteiger partial charge < -0.3 is 9.08 Å². The quantitative estimate of drug-likeness (QED) is 0.513. The van der Waals surface area contributed by atoms with Gasteiger partial charge in [0.25, 0.3) is 0 Å². The van der Waals surface area contributed by atoms with Crippen LogP contribution in [0.2, 0.25) is 0 Å². The summed E-state index contributed by atoms with van der Waals surface area (Å²) in [6.07, 6.45) is 0. The summed E-state index contributed by atoms with van der Waals surface area (Å²) in [5.41, 5.74) is 0.791. The number of nitrogens with one attached hydrogen (secondary N) is 1. The van der Waals surface area contributed by atoms with Gasteiger partial charge in [0, 0.05) is 35.0 Å². The van der Waals surface area contributed by atoms with Gasteiger partial charge in [-0.25, -0.2) is 8.78 Å². The van der Waals surface area contributed by atoms with Gasteiger partial charge in [0.05, 0.1) is 6.61 Å². The molecule has 0 amide bonds. The van der Waals surface area contributed by atoms with Gasteiger partial charge in [0.15, 0.2) is 0 Å². The first-order chi connectivity index (χ1) is 13.0. The standard InChI is InChI=1S/C20H26F2NO3PS/c1-6-26-27(5,24)16-10-7-14(8-11-16)19(23-28(25)20(2,3)4)17-12-9-15(21)13-18(17)22/h7-13,19,23H,6H2,1-5H3/t19-,27?,28?/m0/s1. The lowest BCUT2D eigenvalue weighted by Gasteiger charge is -2.28. The van der Waals surface area contributed by atoms with E-state index in [1.807, 2.05) is 0 Å².